The van der Waals surface area contributed by atoms with E-state index in [1.54, 1.807) is 25.4 Å². The molecule has 0 aliphatic rings. The second-order valence-corrected chi connectivity index (χ2v) is 2.56. The second kappa shape index (κ2) is 4.43. The molecule has 0 unspecified atom stereocenters. The number of hydrogen-bond acceptors (Lipinski definition) is 4. The maximum atomic E-state index is 8.46. The lowest BCUT2D eigenvalue weighted by Crippen LogP contribution is -2.12. The summed E-state index contributed by atoms with van der Waals surface area (Å²) in [6.07, 6.45) is 1.88. The topological polar surface area (TPSA) is 71.9 Å². The Kier molecular flexibility index (Phi) is 3.23. The van der Waals surface area contributed by atoms with Gasteiger partial charge in [-0.25, -0.2) is 0 Å². The minimum absolute atomic E-state index is 0.243. The zero-order chi connectivity index (χ0) is 9.68. The van der Waals surface area contributed by atoms with Gasteiger partial charge >= 0.3 is 0 Å². The molecule has 0 aromatic carbocycles. The Labute approximate surface area is 77.0 Å². The molecule has 1 atom stereocenters. The molecular weight excluding hydrogens is 166 g/mol. The predicted octanol–water partition coefficient (Wildman–Crippen LogP) is 1.00. The van der Waals surface area contributed by atoms with E-state index in [9.17, 15) is 0 Å². The molecule has 0 aliphatic carbocycles. The number of pyridine rings is 1. The number of nitrogens with two attached hydrogens (primary N) is 1. The molecule has 1 rings (SSSR count). The molecule has 0 spiro atoms. The molecule has 0 saturated heterocycles. The van der Waals surface area contributed by atoms with E-state index in [2.05, 4.69) is 4.98 Å². The predicted molar refractivity (Wildman–Crippen MR) is 47.9 cm³/mol. The summed E-state index contributed by atoms with van der Waals surface area (Å²) in [7, 11) is 1.56. The van der Waals surface area contributed by atoms with Crippen molar-refractivity contribution in [1.29, 1.82) is 5.26 Å². The van der Waals surface area contributed by atoms with Crippen molar-refractivity contribution in [1.82, 2.24) is 4.98 Å². The fourth-order valence-corrected chi connectivity index (χ4v) is 1.05. The third-order valence-electron chi connectivity index (χ3n) is 1.68. The van der Waals surface area contributed by atoms with E-state index in [1.165, 1.54) is 0 Å². The van der Waals surface area contributed by atoms with Gasteiger partial charge in [-0.1, -0.05) is 0 Å². The largest absolute Gasteiger partial charge is 0.495 e. The highest BCUT2D eigenvalue weighted by molar-refractivity contribution is 5.29. The van der Waals surface area contributed by atoms with Gasteiger partial charge in [0.05, 0.1) is 31.3 Å². The van der Waals surface area contributed by atoms with Crippen LogP contribution in [0.4, 0.5) is 0 Å². The summed E-state index contributed by atoms with van der Waals surface area (Å²) in [5.74, 6) is 0.630. The molecule has 1 aromatic rings. The first kappa shape index (κ1) is 9.49. The maximum absolute atomic E-state index is 8.46. The van der Waals surface area contributed by atoms with E-state index in [0.29, 0.717) is 11.4 Å². The summed E-state index contributed by atoms with van der Waals surface area (Å²) < 4.78 is 5.06. The Bertz CT molecular complexity index is 319. The summed E-state index contributed by atoms with van der Waals surface area (Å²) in [6, 6.07) is 5.17. The highest BCUT2D eigenvalue weighted by atomic mass is 16.5. The SMILES string of the molecule is COc1cccnc1[C@H](N)CC#N. The molecule has 1 heterocycles. The fourth-order valence-electron chi connectivity index (χ4n) is 1.05. The Hall–Kier alpha value is -1.60. The quantitative estimate of drug-likeness (QED) is 0.747. The van der Waals surface area contributed by atoms with E-state index < -0.39 is 0 Å². The summed E-state index contributed by atoms with van der Waals surface area (Å²) in [5, 5.41) is 8.46. The van der Waals surface area contributed by atoms with Crippen LogP contribution in [0, 0.1) is 11.3 Å². The van der Waals surface area contributed by atoms with Gasteiger partial charge in [0.15, 0.2) is 0 Å². The number of rotatable bonds is 3. The summed E-state index contributed by atoms with van der Waals surface area (Å²) >= 11 is 0. The summed E-state index contributed by atoms with van der Waals surface area (Å²) in [5.41, 5.74) is 6.35. The first-order valence-electron chi connectivity index (χ1n) is 3.91. The van der Waals surface area contributed by atoms with Crippen LogP contribution in [-0.4, -0.2) is 12.1 Å². The number of nitriles is 1. The molecule has 2 N–H and O–H groups in total. The summed E-state index contributed by atoms with van der Waals surface area (Å²) in [6.45, 7) is 0. The Morgan fingerprint density at radius 2 is 2.54 bits per heavy atom. The van der Waals surface area contributed by atoms with Gasteiger partial charge in [-0.3, -0.25) is 4.98 Å². The van der Waals surface area contributed by atoms with Crippen LogP contribution >= 0.6 is 0 Å². The molecule has 68 valence electrons. The van der Waals surface area contributed by atoms with Crippen molar-refractivity contribution in [2.24, 2.45) is 5.73 Å². The van der Waals surface area contributed by atoms with Crippen LogP contribution in [0.1, 0.15) is 18.2 Å². The summed E-state index contributed by atoms with van der Waals surface area (Å²) in [4.78, 5) is 4.07. The van der Waals surface area contributed by atoms with Crippen LogP contribution in [0.25, 0.3) is 0 Å². The third-order valence-corrected chi connectivity index (χ3v) is 1.68. The first-order valence-corrected chi connectivity index (χ1v) is 3.91. The minimum atomic E-state index is -0.374. The average molecular weight is 177 g/mol. The van der Waals surface area contributed by atoms with Gasteiger partial charge in [0.2, 0.25) is 0 Å². The van der Waals surface area contributed by atoms with Crippen LogP contribution in [0.3, 0.4) is 0 Å². The Morgan fingerprint density at radius 3 is 3.15 bits per heavy atom. The van der Waals surface area contributed by atoms with Crippen LogP contribution in [0.2, 0.25) is 0 Å². The molecule has 4 heteroatoms. The zero-order valence-corrected chi connectivity index (χ0v) is 7.40. The highest BCUT2D eigenvalue weighted by Crippen LogP contribution is 2.21. The number of nitrogens with zero attached hydrogens (tertiary/aromatic N) is 2. The fraction of sp³-hybridized carbons (Fsp3) is 0.333. The van der Waals surface area contributed by atoms with Crippen LogP contribution in [-0.2, 0) is 0 Å². The average Bonchev–Trinajstić information content (AvgIpc) is 2.18. The molecule has 0 saturated carbocycles. The Balaban J connectivity index is 2.93. The number of methoxy groups -OCH3 is 1. The van der Waals surface area contributed by atoms with Crippen LogP contribution in [0.5, 0.6) is 5.75 Å². The lowest BCUT2D eigenvalue weighted by atomic mass is 10.1. The van der Waals surface area contributed by atoms with Crippen molar-refractivity contribution in [2.75, 3.05) is 7.11 Å². The normalized spacial score (nSPS) is 11.8. The zero-order valence-electron chi connectivity index (χ0n) is 7.40. The van der Waals surface area contributed by atoms with Gasteiger partial charge < -0.3 is 10.5 Å². The standard InChI is InChI=1S/C9H11N3O/c1-13-8-3-2-6-12-9(8)7(11)4-5-10/h2-3,6-7H,4,11H2,1H3/t7-/m1/s1. The maximum Gasteiger partial charge on any atom is 0.142 e. The molecule has 0 amide bonds. The van der Waals surface area contributed by atoms with Crippen LogP contribution in [0.15, 0.2) is 18.3 Å². The van der Waals surface area contributed by atoms with Gasteiger partial charge in [-0.2, -0.15) is 5.26 Å². The van der Waals surface area contributed by atoms with E-state index >= 15 is 0 Å². The molecule has 0 bridgehead atoms. The monoisotopic (exact) mass is 177 g/mol. The molecular formula is C9H11N3O. The molecule has 0 fully saturated rings. The van der Waals surface area contributed by atoms with Crippen molar-refractivity contribution in [3.8, 4) is 11.8 Å². The van der Waals surface area contributed by atoms with Gasteiger partial charge in [0.1, 0.15) is 5.75 Å². The van der Waals surface area contributed by atoms with Gasteiger partial charge in [-0.05, 0) is 12.1 Å². The molecule has 4 nitrogen and oxygen atoms in total. The number of aromatic nitrogens is 1. The third kappa shape index (κ3) is 2.17. The molecule has 0 radical (unpaired) electrons. The van der Waals surface area contributed by atoms with Gasteiger partial charge in [-0.15, -0.1) is 0 Å². The smallest absolute Gasteiger partial charge is 0.142 e. The highest BCUT2D eigenvalue weighted by Gasteiger charge is 2.11. The molecule has 0 aliphatic heterocycles. The van der Waals surface area contributed by atoms with Crippen molar-refractivity contribution in [2.45, 2.75) is 12.5 Å². The van der Waals surface area contributed by atoms with E-state index in [0.717, 1.165) is 0 Å². The minimum Gasteiger partial charge on any atom is -0.495 e. The number of hydrogen-bond donors (Lipinski definition) is 1. The van der Waals surface area contributed by atoms with Crippen molar-refractivity contribution in [3.63, 3.8) is 0 Å². The lowest BCUT2D eigenvalue weighted by Gasteiger charge is -2.10. The van der Waals surface area contributed by atoms with Crippen molar-refractivity contribution < 1.29 is 4.74 Å². The Morgan fingerprint density at radius 1 is 1.77 bits per heavy atom. The van der Waals surface area contributed by atoms with Crippen molar-refractivity contribution >= 4 is 0 Å². The molecule has 1 aromatic heterocycles. The van der Waals surface area contributed by atoms with E-state index in [4.69, 9.17) is 15.7 Å². The number of ether oxygens (including phenoxy) is 1. The molecule has 13 heavy (non-hydrogen) atoms. The second-order valence-electron chi connectivity index (χ2n) is 2.56. The van der Waals surface area contributed by atoms with Gasteiger partial charge in [0.25, 0.3) is 0 Å². The lowest BCUT2D eigenvalue weighted by molar-refractivity contribution is 0.402. The van der Waals surface area contributed by atoms with Crippen LogP contribution < -0.4 is 10.5 Å². The van der Waals surface area contributed by atoms with E-state index in [1.807, 2.05) is 6.07 Å². The van der Waals surface area contributed by atoms with Gasteiger partial charge in [0, 0.05) is 6.20 Å². The first-order chi connectivity index (χ1) is 6.29. The van der Waals surface area contributed by atoms with E-state index in [-0.39, 0.29) is 12.5 Å². The van der Waals surface area contributed by atoms with Crippen molar-refractivity contribution in [3.05, 3.63) is 24.0 Å².